The Balaban J connectivity index is 1.35. The van der Waals surface area contributed by atoms with E-state index >= 15 is 0 Å². The second-order valence-corrected chi connectivity index (χ2v) is 7.08. The molecule has 1 fully saturated rings. The first-order valence-corrected chi connectivity index (χ1v) is 9.78. The van der Waals surface area contributed by atoms with Gasteiger partial charge < -0.3 is 10.1 Å². The fourth-order valence-electron chi connectivity index (χ4n) is 3.23. The summed E-state index contributed by atoms with van der Waals surface area (Å²) in [6, 6.07) is 13.6. The topological polar surface area (TPSA) is 128 Å². The van der Waals surface area contributed by atoms with E-state index in [4.69, 9.17) is 4.74 Å². The van der Waals surface area contributed by atoms with Crippen LogP contribution >= 0.6 is 0 Å². The summed E-state index contributed by atoms with van der Waals surface area (Å²) in [5, 5.41) is 25.6. The van der Waals surface area contributed by atoms with Gasteiger partial charge in [-0.3, -0.25) is 19.8 Å². The number of amides is 1. The first-order chi connectivity index (χ1) is 15.1. The molecule has 11 heteroatoms. The van der Waals surface area contributed by atoms with Crippen molar-refractivity contribution in [3.05, 3.63) is 64.2 Å². The van der Waals surface area contributed by atoms with Crippen molar-refractivity contribution in [2.45, 2.75) is 13.1 Å². The van der Waals surface area contributed by atoms with Crippen LogP contribution < -0.4 is 5.32 Å². The van der Waals surface area contributed by atoms with Gasteiger partial charge in [-0.05, 0) is 16.8 Å². The molecule has 1 aliphatic heterocycles. The smallest absolute Gasteiger partial charge is 0.271 e. The van der Waals surface area contributed by atoms with Gasteiger partial charge in [0.05, 0.1) is 18.1 Å². The minimum atomic E-state index is -0.521. The average molecular weight is 423 g/mol. The molecule has 0 saturated carbocycles. The highest BCUT2D eigenvalue weighted by atomic mass is 16.6. The van der Waals surface area contributed by atoms with Gasteiger partial charge in [0.2, 0.25) is 11.7 Å². The van der Waals surface area contributed by atoms with E-state index < -0.39 is 10.8 Å². The summed E-state index contributed by atoms with van der Waals surface area (Å²) in [4.78, 5) is 26.1. The number of nitrogens with zero attached hydrogens (tertiary/aromatic N) is 6. The van der Waals surface area contributed by atoms with Gasteiger partial charge in [0.15, 0.2) is 0 Å². The molecule has 0 spiro atoms. The van der Waals surface area contributed by atoms with Crippen LogP contribution in [-0.2, 0) is 22.6 Å². The van der Waals surface area contributed by atoms with Gasteiger partial charge in [0.25, 0.3) is 5.69 Å². The van der Waals surface area contributed by atoms with Crippen molar-refractivity contribution in [2.24, 2.45) is 0 Å². The van der Waals surface area contributed by atoms with E-state index in [9.17, 15) is 14.9 Å². The van der Waals surface area contributed by atoms with Crippen molar-refractivity contribution in [2.75, 3.05) is 31.6 Å². The number of anilines is 1. The molecule has 0 aliphatic carbocycles. The van der Waals surface area contributed by atoms with Crippen LogP contribution in [0.3, 0.4) is 0 Å². The van der Waals surface area contributed by atoms with Crippen molar-refractivity contribution in [1.29, 1.82) is 0 Å². The van der Waals surface area contributed by atoms with Crippen LogP contribution in [0.1, 0.15) is 5.56 Å². The highest BCUT2D eigenvalue weighted by Crippen LogP contribution is 2.18. The Morgan fingerprint density at radius 1 is 1.16 bits per heavy atom. The average Bonchev–Trinajstić information content (AvgIpc) is 3.23. The lowest BCUT2D eigenvalue weighted by Crippen LogP contribution is -2.35. The van der Waals surface area contributed by atoms with Gasteiger partial charge in [-0.25, -0.2) is 0 Å². The number of benzene rings is 2. The number of non-ortho nitro benzene ring substituents is 1. The molecule has 31 heavy (non-hydrogen) atoms. The van der Waals surface area contributed by atoms with Crippen molar-refractivity contribution in [3.63, 3.8) is 0 Å². The summed E-state index contributed by atoms with van der Waals surface area (Å²) in [5.41, 5.74) is 2.22. The monoisotopic (exact) mass is 423 g/mol. The molecule has 2 aromatic carbocycles. The molecule has 0 atom stereocenters. The summed E-state index contributed by atoms with van der Waals surface area (Å²) in [5.74, 6) is 0.00591. The van der Waals surface area contributed by atoms with Gasteiger partial charge in [-0.1, -0.05) is 30.3 Å². The zero-order chi connectivity index (χ0) is 21.6. The third-order valence-corrected chi connectivity index (χ3v) is 4.80. The number of carbonyl (C=O) groups is 1. The lowest BCUT2D eigenvalue weighted by Gasteiger charge is -2.26. The second-order valence-electron chi connectivity index (χ2n) is 7.08. The molecule has 2 heterocycles. The minimum absolute atomic E-state index is 0.101. The number of nitro groups is 1. The number of hydrogen-bond donors (Lipinski definition) is 1. The Labute approximate surface area is 177 Å². The number of nitrogens with one attached hydrogen (secondary N) is 1. The molecule has 4 rings (SSSR count). The van der Waals surface area contributed by atoms with Crippen molar-refractivity contribution < 1.29 is 14.5 Å². The SMILES string of the molecule is O=C(Cn1nnc(-c2ccc(CN3CCOCC3)cc2)n1)Nc1cccc([N+](=O)[O-])c1. The van der Waals surface area contributed by atoms with Gasteiger partial charge >= 0.3 is 0 Å². The zero-order valence-electron chi connectivity index (χ0n) is 16.7. The molecule has 160 valence electrons. The molecule has 1 aliphatic rings. The molecule has 1 N–H and O–H groups in total. The van der Waals surface area contributed by atoms with E-state index in [0.29, 0.717) is 11.5 Å². The number of aromatic nitrogens is 4. The summed E-state index contributed by atoms with van der Waals surface area (Å²) >= 11 is 0. The third kappa shape index (κ3) is 5.47. The number of morpholine rings is 1. The standard InChI is InChI=1S/C20H21N7O4/c28-19(21-17-2-1-3-18(12-17)27(29)30)14-26-23-20(22-24-26)16-6-4-15(5-7-16)13-25-8-10-31-11-9-25/h1-7,12H,8-11,13-14H2,(H,21,28). The minimum Gasteiger partial charge on any atom is -0.379 e. The number of nitro benzene ring substituents is 1. The van der Waals surface area contributed by atoms with E-state index in [1.807, 2.05) is 24.3 Å². The molecule has 3 aromatic rings. The number of tetrazole rings is 1. The molecule has 0 unspecified atom stereocenters. The number of ether oxygens (including phenoxy) is 1. The first-order valence-electron chi connectivity index (χ1n) is 9.78. The van der Waals surface area contributed by atoms with Gasteiger partial charge in [0.1, 0.15) is 6.54 Å². The van der Waals surface area contributed by atoms with Gasteiger partial charge in [-0.2, -0.15) is 4.80 Å². The van der Waals surface area contributed by atoms with Crippen LogP contribution in [-0.4, -0.2) is 62.2 Å². The van der Waals surface area contributed by atoms with Crippen LogP contribution in [0.15, 0.2) is 48.5 Å². The summed E-state index contributed by atoms with van der Waals surface area (Å²) in [6.07, 6.45) is 0. The summed E-state index contributed by atoms with van der Waals surface area (Å²) < 4.78 is 5.37. The first kappa shape index (κ1) is 20.6. The van der Waals surface area contributed by atoms with Crippen molar-refractivity contribution in [1.82, 2.24) is 25.1 Å². The van der Waals surface area contributed by atoms with Gasteiger partial charge in [-0.15, -0.1) is 10.2 Å². The third-order valence-electron chi connectivity index (χ3n) is 4.80. The zero-order valence-corrected chi connectivity index (χ0v) is 16.7. The number of hydrogen-bond acceptors (Lipinski definition) is 8. The Morgan fingerprint density at radius 3 is 2.68 bits per heavy atom. The predicted molar refractivity (Wildman–Crippen MR) is 111 cm³/mol. The Hall–Kier alpha value is -3.70. The van der Waals surface area contributed by atoms with E-state index in [2.05, 4.69) is 25.6 Å². The normalized spacial score (nSPS) is 14.3. The van der Waals surface area contributed by atoms with Crippen LogP contribution in [0, 0.1) is 10.1 Å². The fourth-order valence-corrected chi connectivity index (χ4v) is 3.23. The van der Waals surface area contributed by atoms with Crippen molar-refractivity contribution >= 4 is 17.3 Å². The second kappa shape index (κ2) is 9.41. The highest BCUT2D eigenvalue weighted by molar-refractivity contribution is 5.90. The van der Waals surface area contributed by atoms with Crippen LogP contribution in [0.5, 0.6) is 0 Å². The molecule has 1 amide bonds. The molecular weight excluding hydrogens is 402 g/mol. The van der Waals surface area contributed by atoms with Gasteiger partial charge in [0, 0.05) is 43.0 Å². The van der Waals surface area contributed by atoms with E-state index in [1.165, 1.54) is 28.6 Å². The molecule has 1 aromatic heterocycles. The Bertz CT molecular complexity index is 1060. The maximum atomic E-state index is 12.2. The maximum absolute atomic E-state index is 12.2. The molecule has 0 radical (unpaired) electrons. The van der Waals surface area contributed by atoms with Crippen LogP contribution in [0.25, 0.3) is 11.4 Å². The largest absolute Gasteiger partial charge is 0.379 e. The van der Waals surface area contributed by atoms with E-state index in [-0.39, 0.29) is 12.2 Å². The van der Waals surface area contributed by atoms with Crippen molar-refractivity contribution in [3.8, 4) is 11.4 Å². The number of rotatable bonds is 7. The molecule has 11 nitrogen and oxygen atoms in total. The quantitative estimate of drug-likeness (QED) is 0.449. The van der Waals surface area contributed by atoms with E-state index in [0.717, 1.165) is 38.4 Å². The molecule has 1 saturated heterocycles. The fraction of sp³-hybridized carbons (Fsp3) is 0.300. The molecular formula is C20H21N7O4. The summed E-state index contributed by atoms with van der Waals surface area (Å²) in [7, 11) is 0. The Kier molecular flexibility index (Phi) is 6.24. The van der Waals surface area contributed by atoms with E-state index in [1.54, 1.807) is 6.07 Å². The lowest BCUT2D eigenvalue weighted by molar-refractivity contribution is -0.384. The lowest BCUT2D eigenvalue weighted by atomic mass is 10.1. The molecule has 0 bridgehead atoms. The predicted octanol–water partition coefficient (Wildman–Crippen LogP) is 1.72. The van der Waals surface area contributed by atoms with Crippen LogP contribution in [0.4, 0.5) is 11.4 Å². The number of carbonyl (C=O) groups excluding carboxylic acids is 1. The summed E-state index contributed by atoms with van der Waals surface area (Å²) in [6.45, 7) is 4.08. The Morgan fingerprint density at radius 2 is 1.94 bits per heavy atom. The highest BCUT2D eigenvalue weighted by Gasteiger charge is 2.13. The van der Waals surface area contributed by atoms with Crippen LogP contribution in [0.2, 0.25) is 0 Å². The maximum Gasteiger partial charge on any atom is 0.271 e.